The molecule has 2 saturated heterocycles. The van der Waals surface area contributed by atoms with Crippen LogP contribution in [-0.4, -0.2) is 152 Å². The summed E-state index contributed by atoms with van der Waals surface area (Å²) in [5.41, 5.74) is 3.93. The standard InChI is InChI=1S/C37H48Cl3FN4O8.C29H36FN5O5/c1-21(41)29(30(46)42-23(3)31(47)45-17-9-10-26(19-45)32(48)51-20-37(38,39)40)52-33(49)36(7,8)16-15-24-11-12-25-13-14-27(44-28(25)18-24)22(2)43-34(50)53-35(4,5)6;1-16(30)24-26(37)32-18(3)27(38)35-14-6-7-22(34-35)25(36)31-17(2)21-11-10-20-9-8-19(15-23(20)33-21)12-13-29(4,5)28(39)40-24/h11-16,18,21-23,26,29H,9-10,17,19-20H2,1-8H3,(H,42,46)(H,43,50);8-13,15-18,22,24,34H,6-7,14H2,1-5H3,(H,31,36)(H,32,37)/b16-15+;13-12+/t21?,22-,23+,26-,29?;16?,17-,18+,22+,24+/m11/s1. The molecule has 4 aromatic rings. The van der Waals surface area contributed by atoms with E-state index in [2.05, 4.69) is 26.7 Å². The number of cyclic esters (lactones) is 1. The highest BCUT2D eigenvalue weighted by molar-refractivity contribution is 6.67. The number of carbonyl (C=O) groups excluding carboxylic acids is 9. The summed E-state index contributed by atoms with van der Waals surface area (Å²) < 4.78 is 48.5. The number of benzene rings is 2. The molecule has 5 bridgehead atoms. The number of piperidine rings is 1. The highest BCUT2D eigenvalue weighted by atomic mass is 35.6. The second-order valence-electron chi connectivity index (χ2n) is 25.7. The molecule has 2 aromatic heterocycles. The van der Waals surface area contributed by atoms with E-state index in [1.54, 1.807) is 79.7 Å². The monoisotopic (exact) mass is 1350 g/mol. The molecule has 6 amide bonds. The van der Waals surface area contributed by atoms with Gasteiger partial charge in [-0.1, -0.05) is 95.5 Å². The molecule has 0 saturated carbocycles. The number of nitrogens with one attached hydrogen (secondary N) is 5. The topological polar surface area (TPSA) is 283 Å². The van der Waals surface area contributed by atoms with Gasteiger partial charge in [0.25, 0.3) is 17.7 Å². The Morgan fingerprint density at radius 1 is 0.817 bits per heavy atom. The summed E-state index contributed by atoms with van der Waals surface area (Å²) in [7, 11) is 0. The number of pyridine rings is 2. The first kappa shape index (κ1) is 74.5. The van der Waals surface area contributed by atoms with Gasteiger partial charge in [0.1, 0.15) is 42.7 Å². The van der Waals surface area contributed by atoms with Crippen molar-refractivity contribution in [1.82, 2.24) is 46.6 Å². The van der Waals surface area contributed by atoms with Crippen LogP contribution in [0.1, 0.15) is 150 Å². The Morgan fingerprint density at radius 2 is 1.45 bits per heavy atom. The Labute approximate surface area is 555 Å². The second-order valence-corrected chi connectivity index (χ2v) is 28.2. The van der Waals surface area contributed by atoms with Crippen molar-refractivity contribution in [3.05, 3.63) is 95.3 Å². The number of amides is 6. The smallest absolute Gasteiger partial charge is 0.408 e. The van der Waals surface area contributed by atoms with Crippen molar-refractivity contribution in [3.8, 4) is 0 Å². The number of alkyl halides is 5. The molecule has 0 aliphatic carbocycles. The first-order valence-corrected chi connectivity index (χ1v) is 31.8. The Hall–Kier alpha value is -7.54. The molecule has 0 spiro atoms. The molecule has 506 valence electrons. The molecule has 3 aliphatic rings. The van der Waals surface area contributed by atoms with E-state index >= 15 is 0 Å². The number of ether oxygens (including phenoxy) is 4. The maximum absolute atomic E-state index is 14.7. The van der Waals surface area contributed by atoms with Gasteiger partial charge in [-0.3, -0.25) is 53.3 Å². The second kappa shape index (κ2) is 31.6. The predicted octanol–water partition coefficient (Wildman–Crippen LogP) is 9.52. The first-order valence-electron chi connectivity index (χ1n) is 30.7. The van der Waals surface area contributed by atoms with E-state index in [0.29, 0.717) is 66.8 Å². The number of hydrogen-bond donors (Lipinski definition) is 5. The number of aromatic nitrogens is 2. The largest absolute Gasteiger partial charge is 0.461 e. The van der Waals surface area contributed by atoms with Gasteiger partial charge in [0.2, 0.25) is 27.8 Å². The van der Waals surface area contributed by atoms with E-state index in [0.717, 1.165) is 30.2 Å². The SMILES string of the molecule is CC(F)C(OC(=O)C(C)(C)/C=C/c1ccc2ccc([C@@H](C)NC(=O)OC(C)(C)C)nc2c1)C(=O)N[C@@H](C)C(=O)N1CCC[C@@H](C(=O)OCC(Cl)(Cl)Cl)C1.CC(F)[C@@H]1OC(=O)C(C)(C)/C=C/c2ccc3ccc(nc3c2)[C@@H](C)NC(=O)[C@@H]2CCCN(N2)C(=O)[C@H](C)NC1=O. The fourth-order valence-corrected chi connectivity index (χ4v) is 10.1. The third kappa shape index (κ3) is 21.5. The molecule has 5 heterocycles. The fourth-order valence-electron chi connectivity index (χ4n) is 9.92. The molecule has 10 atom stereocenters. The molecule has 2 aromatic carbocycles. The zero-order chi connectivity index (χ0) is 69.1. The maximum Gasteiger partial charge on any atom is 0.408 e. The highest BCUT2D eigenvalue weighted by Crippen LogP contribution is 2.30. The van der Waals surface area contributed by atoms with Crippen LogP contribution >= 0.6 is 34.8 Å². The van der Waals surface area contributed by atoms with E-state index in [1.165, 1.54) is 23.8 Å². The lowest BCUT2D eigenvalue weighted by molar-refractivity contribution is -0.166. The van der Waals surface area contributed by atoms with Crippen molar-refractivity contribution in [2.24, 2.45) is 16.7 Å². The number of fused-ring (bicyclic) bond motifs is 5. The molecular formula is C66H84Cl3F2N9O13. The van der Waals surface area contributed by atoms with Gasteiger partial charge in [0, 0.05) is 30.4 Å². The lowest BCUT2D eigenvalue weighted by atomic mass is 9.92. The van der Waals surface area contributed by atoms with Crippen LogP contribution in [0.25, 0.3) is 34.0 Å². The first-order chi connectivity index (χ1) is 43.3. The molecule has 3 aliphatic heterocycles. The number of hydrazine groups is 1. The number of hydrogen-bond acceptors (Lipinski definition) is 16. The summed E-state index contributed by atoms with van der Waals surface area (Å²) >= 11 is 17.0. The van der Waals surface area contributed by atoms with Gasteiger partial charge in [0.05, 0.1) is 51.3 Å². The average Bonchev–Trinajstić information content (AvgIpc) is 1.15. The summed E-state index contributed by atoms with van der Waals surface area (Å²) in [6.07, 6.45) is 0.765. The Bertz CT molecular complexity index is 3480. The Kier molecular flexibility index (Phi) is 25.3. The van der Waals surface area contributed by atoms with E-state index in [4.69, 9.17) is 63.7 Å². The quantitative estimate of drug-likeness (QED) is 0.0473. The molecule has 27 heteroatoms. The van der Waals surface area contributed by atoms with Crippen molar-refractivity contribution in [2.45, 2.75) is 180 Å². The van der Waals surface area contributed by atoms with Gasteiger partial charge in [0.15, 0.2) is 0 Å². The summed E-state index contributed by atoms with van der Waals surface area (Å²) in [5.74, 6) is -6.15. The third-order valence-corrected chi connectivity index (χ3v) is 15.7. The van der Waals surface area contributed by atoms with Crippen LogP contribution in [0, 0.1) is 16.7 Å². The zero-order valence-electron chi connectivity index (χ0n) is 54.5. The Morgan fingerprint density at radius 3 is 2.11 bits per heavy atom. The van der Waals surface area contributed by atoms with Crippen LogP contribution in [0.3, 0.4) is 0 Å². The van der Waals surface area contributed by atoms with Gasteiger partial charge in [-0.2, -0.15) is 0 Å². The van der Waals surface area contributed by atoms with Crippen LogP contribution in [0.4, 0.5) is 13.6 Å². The molecule has 2 fully saturated rings. The van der Waals surface area contributed by atoms with Crippen LogP contribution in [0.15, 0.2) is 72.8 Å². The minimum Gasteiger partial charge on any atom is -0.461 e. The fraction of sp³-hybridized carbons (Fsp3) is 0.530. The van der Waals surface area contributed by atoms with Gasteiger partial charge >= 0.3 is 24.0 Å². The molecular weight excluding hydrogens is 1270 g/mol. The lowest BCUT2D eigenvalue weighted by Gasteiger charge is -2.35. The maximum atomic E-state index is 14.7. The summed E-state index contributed by atoms with van der Waals surface area (Å²) in [6.45, 7) is 20.6. The number of halogens is 5. The van der Waals surface area contributed by atoms with Gasteiger partial charge in [-0.05, 0) is 151 Å². The number of rotatable bonds is 13. The van der Waals surface area contributed by atoms with Crippen molar-refractivity contribution >= 4 is 122 Å². The van der Waals surface area contributed by atoms with Crippen molar-refractivity contribution in [1.29, 1.82) is 0 Å². The summed E-state index contributed by atoms with van der Waals surface area (Å²) in [4.78, 5) is 127. The molecule has 0 radical (unpaired) electrons. The molecule has 3 unspecified atom stereocenters. The van der Waals surface area contributed by atoms with Crippen LogP contribution in [0.2, 0.25) is 0 Å². The Balaban J connectivity index is 0.000000306. The van der Waals surface area contributed by atoms with Crippen molar-refractivity contribution < 1.29 is 70.9 Å². The normalized spacial score (nSPS) is 22.1. The number of esters is 3. The lowest BCUT2D eigenvalue weighted by Crippen LogP contribution is -2.61. The van der Waals surface area contributed by atoms with E-state index in [1.807, 2.05) is 67.6 Å². The zero-order valence-corrected chi connectivity index (χ0v) is 56.8. The number of alkyl carbamates (subject to hydrolysis) is 1. The molecule has 93 heavy (non-hydrogen) atoms. The third-order valence-electron chi connectivity index (χ3n) is 15.4. The van der Waals surface area contributed by atoms with E-state index in [-0.39, 0.29) is 12.5 Å². The van der Waals surface area contributed by atoms with Gasteiger partial charge < -0.3 is 45.1 Å². The molecule has 22 nitrogen and oxygen atoms in total. The van der Waals surface area contributed by atoms with Crippen LogP contribution < -0.4 is 26.7 Å². The summed E-state index contributed by atoms with van der Waals surface area (Å²) in [6, 6.07) is 14.9. The molecule has 5 N–H and O–H groups in total. The highest BCUT2D eigenvalue weighted by Gasteiger charge is 2.40. The average molecular weight is 1360 g/mol. The van der Waals surface area contributed by atoms with Crippen molar-refractivity contribution in [3.63, 3.8) is 0 Å². The van der Waals surface area contributed by atoms with E-state index in [9.17, 15) is 51.9 Å². The molecule has 7 rings (SSSR count). The summed E-state index contributed by atoms with van der Waals surface area (Å²) in [5, 5.41) is 13.7. The predicted molar refractivity (Wildman–Crippen MR) is 348 cm³/mol. The minimum absolute atomic E-state index is 0.0229. The number of carbonyl (C=O) groups is 9. The van der Waals surface area contributed by atoms with Gasteiger partial charge in [-0.25, -0.2) is 19.0 Å². The van der Waals surface area contributed by atoms with Crippen LogP contribution in [0.5, 0.6) is 0 Å². The van der Waals surface area contributed by atoms with Gasteiger partial charge in [-0.15, -0.1) is 0 Å². The minimum atomic E-state index is -1.90. The van der Waals surface area contributed by atoms with Crippen molar-refractivity contribution in [2.75, 3.05) is 26.2 Å². The van der Waals surface area contributed by atoms with Crippen LogP contribution in [-0.2, 0) is 57.3 Å². The van der Waals surface area contributed by atoms with E-state index < -0.39 is 135 Å². The number of nitrogens with zero attached hydrogens (tertiary/aromatic N) is 4. The number of likely N-dealkylation sites (tertiary alicyclic amines) is 1.